The van der Waals surface area contributed by atoms with E-state index in [1.165, 1.54) is 5.69 Å². The number of hydroxylamine groups is 1. The summed E-state index contributed by atoms with van der Waals surface area (Å²) in [6.07, 6.45) is 0.349. The van der Waals surface area contributed by atoms with Crippen molar-refractivity contribution in [3.63, 3.8) is 0 Å². The van der Waals surface area contributed by atoms with Crippen molar-refractivity contribution in [2.24, 2.45) is 0 Å². The van der Waals surface area contributed by atoms with Crippen molar-refractivity contribution in [1.82, 2.24) is 10.4 Å². The fourth-order valence-electron chi connectivity index (χ4n) is 2.18. The molecular formula is C15H25N3O2. The molecule has 1 fully saturated rings. The molecule has 1 saturated heterocycles. The van der Waals surface area contributed by atoms with E-state index < -0.39 is 0 Å². The molecule has 0 spiro atoms. The largest absolute Gasteiger partial charge is 0.369 e. The summed E-state index contributed by atoms with van der Waals surface area (Å²) >= 11 is 0. The second kappa shape index (κ2) is 9.34. The minimum atomic E-state index is -0.319. The highest BCUT2D eigenvalue weighted by molar-refractivity contribution is 5.74. The van der Waals surface area contributed by atoms with Gasteiger partial charge in [0.05, 0.1) is 0 Å². The minimum absolute atomic E-state index is 0.319. The van der Waals surface area contributed by atoms with Gasteiger partial charge in [-0.25, -0.2) is 5.48 Å². The number of nitrogens with zero attached hydrogens (tertiary/aromatic N) is 2. The van der Waals surface area contributed by atoms with Gasteiger partial charge in [-0.05, 0) is 12.1 Å². The first-order chi connectivity index (χ1) is 9.79. The van der Waals surface area contributed by atoms with Crippen molar-refractivity contribution in [3.8, 4) is 0 Å². The third-order valence-electron chi connectivity index (χ3n) is 3.27. The van der Waals surface area contributed by atoms with E-state index in [4.69, 9.17) is 5.21 Å². The second-order valence-corrected chi connectivity index (χ2v) is 4.45. The molecule has 2 rings (SSSR count). The van der Waals surface area contributed by atoms with Gasteiger partial charge >= 0.3 is 0 Å². The maximum absolute atomic E-state index is 10.9. The number of rotatable bonds is 4. The summed E-state index contributed by atoms with van der Waals surface area (Å²) in [6, 6.07) is 10.4. The van der Waals surface area contributed by atoms with E-state index >= 15 is 0 Å². The Balaban J connectivity index is 0.000000956. The van der Waals surface area contributed by atoms with Crippen LogP contribution in [0.4, 0.5) is 5.69 Å². The van der Waals surface area contributed by atoms with Gasteiger partial charge < -0.3 is 4.90 Å². The smallest absolute Gasteiger partial charge is 0.244 e. The maximum Gasteiger partial charge on any atom is 0.244 e. The van der Waals surface area contributed by atoms with Crippen LogP contribution in [-0.4, -0.2) is 48.7 Å². The molecule has 1 aromatic carbocycles. The molecule has 5 nitrogen and oxygen atoms in total. The normalized spacial score (nSPS) is 15.2. The standard InChI is InChI=1S/C13H19N3O2.C2H6/c17-13(14-18)6-7-15-8-10-16(11-9-15)12-4-2-1-3-5-12;1-2/h1-5,18H,6-11H2,(H,14,17);1-2H3. The minimum Gasteiger partial charge on any atom is -0.369 e. The first-order valence-electron chi connectivity index (χ1n) is 7.25. The highest BCUT2D eigenvalue weighted by Crippen LogP contribution is 2.15. The van der Waals surface area contributed by atoms with Gasteiger partial charge in [-0.3, -0.25) is 14.9 Å². The van der Waals surface area contributed by atoms with Crippen LogP contribution in [0.2, 0.25) is 0 Å². The van der Waals surface area contributed by atoms with Gasteiger partial charge in [-0.15, -0.1) is 0 Å². The molecule has 1 heterocycles. The Morgan fingerprint density at radius 2 is 1.75 bits per heavy atom. The number of piperazine rings is 1. The lowest BCUT2D eigenvalue weighted by Crippen LogP contribution is -2.47. The fraction of sp³-hybridized carbons (Fsp3) is 0.533. The predicted molar refractivity (Wildman–Crippen MR) is 81.0 cm³/mol. The van der Waals surface area contributed by atoms with Crippen LogP contribution in [0.5, 0.6) is 0 Å². The first-order valence-corrected chi connectivity index (χ1v) is 7.25. The molecule has 0 bridgehead atoms. The lowest BCUT2D eigenvalue weighted by molar-refractivity contribution is -0.129. The summed E-state index contributed by atoms with van der Waals surface area (Å²) in [4.78, 5) is 15.5. The Labute approximate surface area is 121 Å². The number of hydrogen-bond acceptors (Lipinski definition) is 4. The quantitative estimate of drug-likeness (QED) is 0.651. The summed E-state index contributed by atoms with van der Waals surface area (Å²) in [5, 5.41) is 8.43. The Hall–Kier alpha value is -1.59. The molecular weight excluding hydrogens is 254 g/mol. The van der Waals surface area contributed by atoms with Gasteiger partial charge in [0.25, 0.3) is 0 Å². The lowest BCUT2D eigenvalue weighted by Gasteiger charge is -2.35. The van der Waals surface area contributed by atoms with Crippen molar-refractivity contribution in [1.29, 1.82) is 0 Å². The molecule has 2 N–H and O–H groups in total. The summed E-state index contributed by atoms with van der Waals surface area (Å²) in [7, 11) is 0. The van der Waals surface area contributed by atoms with Crippen LogP contribution in [-0.2, 0) is 4.79 Å². The third kappa shape index (κ3) is 5.19. The number of hydrogen-bond donors (Lipinski definition) is 2. The van der Waals surface area contributed by atoms with Crippen molar-refractivity contribution in [3.05, 3.63) is 30.3 Å². The SMILES string of the molecule is CC.O=C(CCN1CCN(c2ccccc2)CC1)NO. The summed E-state index contributed by atoms with van der Waals surface area (Å²) in [5.41, 5.74) is 2.92. The number of nitrogens with one attached hydrogen (secondary N) is 1. The molecule has 0 unspecified atom stereocenters. The first kappa shape index (κ1) is 16.5. The van der Waals surface area contributed by atoms with Gasteiger partial charge in [-0.2, -0.15) is 0 Å². The van der Waals surface area contributed by atoms with E-state index in [1.54, 1.807) is 5.48 Å². The number of carbonyl (C=O) groups excluding carboxylic acids is 1. The average molecular weight is 279 g/mol. The zero-order valence-electron chi connectivity index (χ0n) is 12.4. The van der Waals surface area contributed by atoms with E-state index in [0.717, 1.165) is 26.2 Å². The molecule has 0 saturated carbocycles. The highest BCUT2D eigenvalue weighted by Gasteiger charge is 2.17. The van der Waals surface area contributed by atoms with Crippen LogP contribution in [0.15, 0.2) is 30.3 Å². The van der Waals surface area contributed by atoms with Gasteiger partial charge in [-0.1, -0.05) is 32.0 Å². The van der Waals surface area contributed by atoms with Gasteiger partial charge in [0.2, 0.25) is 5.91 Å². The van der Waals surface area contributed by atoms with Crippen LogP contribution in [0.25, 0.3) is 0 Å². The predicted octanol–water partition coefficient (Wildman–Crippen LogP) is 1.73. The molecule has 1 aromatic rings. The molecule has 0 aromatic heterocycles. The Kier molecular flexibility index (Phi) is 7.69. The molecule has 112 valence electrons. The third-order valence-corrected chi connectivity index (χ3v) is 3.27. The highest BCUT2D eigenvalue weighted by atomic mass is 16.5. The molecule has 0 aliphatic carbocycles. The Bertz CT molecular complexity index is 376. The van der Waals surface area contributed by atoms with E-state index in [2.05, 4.69) is 21.9 Å². The van der Waals surface area contributed by atoms with Crippen LogP contribution in [0, 0.1) is 0 Å². The van der Waals surface area contributed by atoms with E-state index in [1.807, 2.05) is 32.0 Å². The topological polar surface area (TPSA) is 55.8 Å². The van der Waals surface area contributed by atoms with Gasteiger partial charge in [0.15, 0.2) is 0 Å². The molecule has 0 radical (unpaired) electrons. The van der Waals surface area contributed by atoms with Crippen molar-refractivity contribution in [2.75, 3.05) is 37.6 Å². The zero-order chi connectivity index (χ0) is 14.8. The van der Waals surface area contributed by atoms with E-state index in [-0.39, 0.29) is 5.91 Å². The van der Waals surface area contributed by atoms with E-state index in [9.17, 15) is 4.79 Å². The van der Waals surface area contributed by atoms with Crippen molar-refractivity contribution < 1.29 is 10.0 Å². The van der Waals surface area contributed by atoms with Crippen LogP contribution >= 0.6 is 0 Å². The summed E-state index contributed by atoms with van der Waals surface area (Å²) in [5.74, 6) is -0.319. The molecule has 5 heteroatoms. The van der Waals surface area contributed by atoms with Crippen molar-refractivity contribution in [2.45, 2.75) is 20.3 Å². The molecule has 0 atom stereocenters. The summed E-state index contributed by atoms with van der Waals surface area (Å²) < 4.78 is 0. The second-order valence-electron chi connectivity index (χ2n) is 4.45. The molecule has 1 amide bonds. The number of amides is 1. The molecule has 1 aliphatic heterocycles. The number of anilines is 1. The monoisotopic (exact) mass is 279 g/mol. The fourth-order valence-corrected chi connectivity index (χ4v) is 2.18. The van der Waals surface area contributed by atoms with Crippen LogP contribution in [0.3, 0.4) is 0 Å². The lowest BCUT2D eigenvalue weighted by atomic mass is 10.2. The van der Waals surface area contributed by atoms with E-state index in [0.29, 0.717) is 13.0 Å². The van der Waals surface area contributed by atoms with Crippen molar-refractivity contribution >= 4 is 11.6 Å². The van der Waals surface area contributed by atoms with Gasteiger partial charge in [0.1, 0.15) is 0 Å². The number of para-hydroxylation sites is 1. The Morgan fingerprint density at radius 3 is 2.30 bits per heavy atom. The number of benzene rings is 1. The van der Waals surface area contributed by atoms with Crippen LogP contribution in [0.1, 0.15) is 20.3 Å². The molecule has 20 heavy (non-hydrogen) atoms. The summed E-state index contributed by atoms with van der Waals surface area (Å²) in [6.45, 7) is 8.56. The molecule has 1 aliphatic rings. The average Bonchev–Trinajstić information content (AvgIpc) is 2.56. The zero-order valence-corrected chi connectivity index (χ0v) is 12.4. The number of carbonyl (C=O) groups is 1. The van der Waals surface area contributed by atoms with Crippen LogP contribution < -0.4 is 10.4 Å². The maximum atomic E-state index is 10.9. The Morgan fingerprint density at radius 1 is 1.15 bits per heavy atom. The van der Waals surface area contributed by atoms with Gasteiger partial charge in [0, 0.05) is 44.8 Å².